The number of halogens is 3. The van der Waals surface area contributed by atoms with Gasteiger partial charge in [-0.1, -0.05) is 0 Å². The van der Waals surface area contributed by atoms with Crippen LogP contribution in [0.15, 0.2) is 12.4 Å². The summed E-state index contributed by atoms with van der Waals surface area (Å²) in [5.74, 6) is 0.0968. The molecule has 0 saturated carbocycles. The molecule has 1 atom stereocenters. The molecule has 1 amide bonds. The predicted octanol–water partition coefficient (Wildman–Crippen LogP) is 2.87. The highest BCUT2D eigenvalue weighted by Crippen LogP contribution is 2.37. The number of alkyl halides is 3. The van der Waals surface area contributed by atoms with E-state index < -0.39 is 12.0 Å². The molecule has 33 heavy (non-hydrogen) atoms. The van der Waals surface area contributed by atoms with Crippen LogP contribution in [0.3, 0.4) is 0 Å². The van der Waals surface area contributed by atoms with Gasteiger partial charge in [-0.25, -0.2) is 24.6 Å². The summed E-state index contributed by atoms with van der Waals surface area (Å²) in [7, 11) is 0. The van der Waals surface area contributed by atoms with Crippen molar-refractivity contribution >= 4 is 22.2 Å². The molecule has 0 bridgehead atoms. The molecule has 0 spiro atoms. The summed E-state index contributed by atoms with van der Waals surface area (Å²) in [5.41, 5.74) is 0.970. The number of hydrogen-bond donors (Lipinski definition) is 0. The Morgan fingerprint density at radius 2 is 1.85 bits per heavy atom. The normalized spacial score (nSPS) is 17.0. The molecule has 176 valence electrons. The van der Waals surface area contributed by atoms with E-state index in [9.17, 15) is 18.0 Å². The molecule has 1 aliphatic rings. The van der Waals surface area contributed by atoms with Crippen molar-refractivity contribution in [2.45, 2.75) is 46.5 Å². The number of aryl methyl sites for hydroxylation is 3. The van der Waals surface area contributed by atoms with Crippen LogP contribution in [0.25, 0.3) is 11.3 Å². The maximum atomic E-state index is 12.9. The Morgan fingerprint density at radius 1 is 1.15 bits per heavy atom. The van der Waals surface area contributed by atoms with Gasteiger partial charge >= 0.3 is 6.18 Å². The highest BCUT2D eigenvalue weighted by atomic mass is 32.1. The minimum atomic E-state index is -4.60. The van der Waals surface area contributed by atoms with Crippen molar-refractivity contribution in [3.63, 3.8) is 0 Å². The smallest absolute Gasteiger partial charge is 0.358 e. The standard InChI is InChI=1S/C20H23F3N8OS/c1-11-9-29(5-6-30(11)16(32)10-31-13(3)26-12(2)28-31)18-17(27-14(4)33-18)15-7-24-19(25-8-15)20(21,22)23/h7-8,11H,5-6,9-10H2,1-4H3/t11-/m1/s1. The highest BCUT2D eigenvalue weighted by Gasteiger charge is 2.35. The number of amides is 1. The zero-order valence-corrected chi connectivity index (χ0v) is 19.4. The van der Waals surface area contributed by atoms with Crippen LogP contribution in [-0.4, -0.2) is 66.2 Å². The number of piperazine rings is 1. The number of thiazole rings is 1. The first kappa shape index (κ1) is 23.1. The quantitative estimate of drug-likeness (QED) is 0.567. The van der Waals surface area contributed by atoms with E-state index in [2.05, 4.69) is 29.9 Å². The minimum absolute atomic E-state index is 0.0352. The Labute approximate surface area is 192 Å². The summed E-state index contributed by atoms with van der Waals surface area (Å²) in [6.07, 6.45) is -2.29. The van der Waals surface area contributed by atoms with Gasteiger partial charge in [-0.05, 0) is 27.7 Å². The highest BCUT2D eigenvalue weighted by molar-refractivity contribution is 7.16. The predicted molar refractivity (Wildman–Crippen MR) is 116 cm³/mol. The van der Waals surface area contributed by atoms with Crippen LogP contribution < -0.4 is 4.90 Å². The van der Waals surface area contributed by atoms with Gasteiger partial charge in [0.2, 0.25) is 11.7 Å². The third-order valence-corrected chi connectivity index (χ3v) is 6.41. The first-order chi connectivity index (χ1) is 15.5. The first-order valence-corrected chi connectivity index (χ1v) is 11.1. The summed E-state index contributed by atoms with van der Waals surface area (Å²) in [6, 6.07) is -0.0738. The molecule has 0 aromatic carbocycles. The van der Waals surface area contributed by atoms with Gasteiger partial charge in [0.1, 0.15) is 28.9 Å². The minimum Gasteiger partial charge on any atom is -0.358 e. The maximum Gasteiger partial charge on any atom is 0.451 e. The third kappa shape index (κ3) is 4.82. The van der Waals surface area contributed by atoms with Crippen LogP contribution in [0.5, 0.6) is 0 Å². The van der Waals surface area contributed by atoms with Crippen LogP contribution in [0.4, 0.5) is 18.2 Å². The lowest BCUT2D eigenvalue weighted by Crippen LogP contribution is -2.54. The number of hydrogen-bond acceptors (Lipinski definition) is 8. The van der Waals surface area contributed by atoms with Crippen molar-refractivity contribution in [1.82, 2.24) is 34.6 Å². The molecule has 0 radical (unpaired) electrons. The summed E-state index contributed by atoms with van der Waals surface area (Å²) >= 11 is 1.46. The molecule has 0 N–H and O–H groups in total. The fraction of sp³-hybridized carbons (Fsp3) is 0.500. The van der Waals surface area contributed by atoms with Gasteiger partial charge in [-0.2, -0.15) is 18.3 Å². The second kappa shape index (κ2) is 8.69. The summed E-state index contributed by atoms with van der Waals surface area (Å²) in [5, 5.41) is 5.87. The van der Waals surface area contributed by atoms with E-state index in [4.69, 9.17) is 0 Å². The number of carbonyl (C=O) groups excluding carboxylic acids is 1. The van der Waals surface area contributed by atoms with Crippen molar-refractivity contribution in [3.05, 3.63) is 34.9 Å². The molecule has 0 unspecified atom stereocenters. The van der Waals surface area contributed by atoms with Crippen molar-refractivity contribution in [2.24, 2.45) is 0 Å². The molecule has 9 nitrogen and oxygen atoms in total. The van der Waals surface area contributed by atoms with Gasteiger partial charge in [-0.15, -0.1) is 11.3 Å². The monoisotopic (exact) mass is 480 g/mol. The molecule has 4 rings (SSSR count). The molecule has 3 aromatic rings. The van der Waals surface area contributed by atoms with Crippen molar-refractivity contribution in [1.29, 1.82) is 0 Å². The van der Waals surface area contributed by atoms with Gasteiger partial charge in [0.25, 0.3) is 0 Å². The van der Waals surface area contributed by atoms with E-state index >= 15 is 0 Å². The number of rotatable bonds is 4. The molecule has 4 heterocycles. The molecule has 1 aliphatic heterocycles. The topological polar surface area (TPSA) is 92.9 Å². The lowest BCUT2D eigenvalue weighted by Gasteiger charge is -2.40. The van der Waals surface area contributed by atoms with Gasteiger partial charge in [0.05, 0.1) is 5.01 Å². The van der Waals surface area contributed by atoms with Gasteiger partial charge in [0.15, 0.2) is 0 Å². The number of nitrogens with zero attached hydrogens (tertiary/aromatic N) is 8. The largest absolute Gasteiger partial charge is 0.451 e. The lowest BCUT2D eigenvalue weighted by atomic mass is 10.1. The van der Waals surface area contributed by atoms with Crippen LogP contribution in [0, 0.1) is 20.8 Å². The lowest BCUT2D eigenvalue weighted by molar-refractivity contribution is -0.145. The Morgan fingerprint density at radius 3 is 2.42 bits per heavy atom. The van der Waals surface area contributed by atoms with Gasteiger partial charge in [0, 0.05) is 43.6 Å². The number of aromatic nitrogens is 6. The van der Waals surface area contributed by atoms with E-state index in [0.717, 1.165) is 22.4 Å². The molecule has 0 aliphatic carbocycles. The first-order valence-electron chi connectivity index (χ1n) is 10.3. The SMILES string of the molecule is Cc1nc(C)n(CC(=O)N2CCN(c3sc(C)nc3-c3cnc(C(F)(F)F)nc3)C[C@H]2C)n1. The van der Waals surface area contributed by atoms with Crippen LogP contribution in [-0.2, 0) is 17.5 Å². The number of carbonyl (C=O) groups is 1. The number of anilines is 1. The van der Waals surface area contributed by atoms with E-state index in [0.29, 0.717) is 42.5 Å². The fourth-order valence-corrected chi connectivity index (χ4v) is 4.83. The Kier molecular flexibility index (Phi) is 6.08. The summed E-state index contributed by atoms with van der Waals surface area (Å²) in [4.78, 5) is 32.5. The molecular formula is C20H23F3N8OS. The summed E-state index contributed by atoms with van der Waals surface area (Å²) < 4.78 is 40.0. The molecule has 13 heteroatoms. The van der Waals surface area contributed by atoms with E-state index in [-0.39, 0.29) is 18.5 Å². The van der Waals surface area contributed by atoms with Crippen molar-refractivity contribution in [3.8, 4) is 11.3 Å². The van der Waals surface area contributed by atoms with Gasteiger partial charge < -0.3 is 9.80 Å². The second-order valence-electron chi connectivity index (χ2n) is 7.93. The van der Waals surface area contributed by atoms with Gasteiger partial charge in [-0.3, -0.25) is 4.79 Å². The van der Waals surface area contributed by atoms with Crippen LogP contribution >= 0.6 is 11.3 Å². The summed E-state index contributed by atoms with van der Waals surface area (Å²) in [6.45, 7) is 9.18. The van der Waals surface area contributed by atoms with Crippen molar-refractivity contribution < 1.29 is 18.0 Å². The Balaban J connectivity index is 1.49. The zero-order valence-electron chi connectivity index (χ0n) is 18.6. The third-order valence-electron chi connectivity index (χ3n) is 5.38. The zero-order chi connectivity index (χ0) is 23.9. The molecule has 1 saturated heterocycles. The van der Waals surface area contributed by atoms with E-state index in [1.165, 1.54) is 11.3 Å². The Bertz CT molecular complexity index is 1160. The molecule has 1 fully saturated rings. The Hall–Kier alpha value is -3.09. The average molecular weight is 481 g/mol. The van der Waals surface area contributed by atoms with E-state index in [1.54, 1.807) is 11.6 Å². The van der Waals surface area contributed by atoms with Crippen molar-refractivity contribution in [2.75, 3.05) is 24.5 Å². The second-order valence-corrected chi connectivity index (χ2v) is 9.11. The molecule has 3 aromatic heterocycles. The fourth-order valence-electron chi connectivity index (χ4n) is 3.86. The molecular weight excluding hydrogens is 457 g/mol. The van der Waals surface area contributed by atoms with Crippen LogP contribution in [0.2, 0.25) is 0 Å². The van der Waals surface area contributed by atoms with Crippen LogP contribution in [0.1, 0.15) is 29.4 Å². The maximum absolute atomic E-state index is 12.9. The van der Waals surface area contributed by atoms with E-state index in [1.807, 2.05) is 25.7 Å². The average Bonchev–Trinajstić information content (AvgIpc) is 3.28.